The second kappa shape index (κ2) is 8.88. The number of imidazole rings is 1. The Balaban J connectivity index is 1.39. The molecule has 0 aliphatic carbocycles. The van der Waals surface area contributed by atoms with Crippen molar-refractivity contribution in [1.82, 2.24) is 40.4 Å². The van der Waals surface area contributed by atoms with E-state index in [4.69, 9.17) is 4.98 Å². The smallest absolute Gasteiger partial charge is 0.224 e. The maximum atomic E-state index is 11.8. The third-order valence-corrected chi connectivity index (χ3v) is 6.43. The highest BCUT2D eigenvalue weighted by molar-refractivity contribution is 5.94. The van der Waals surface area contributed by atoms with E-state index in [0.29, 0.717) is 23.6 Å². The molecule has 1 saturated heterocycles. The molecule has 5 aromatic rings. The van der Waals surface area contributed by atoms with Crippen LogP contribution in [0.25, 0.3) is 44.7 Å². The highest BCUT2D eigenvalue weighted by atomic mass is 16.1. The predicted molar refractivity (Wildman–Crippen MR) is 134 cm³/mol. The third kappa shape index (κ3) is 4.01. The van der Waals surface area contributed by atoms with E-state index in [2.05, 4.69) is 40.8 Å². The lowest BCUT2D eigenvalue weighted by Gasteiger charge is -2.23. The van der Waals surface area contributed by atoms with Gasteiger partial charge in [0.15, 0.2) is 11.5 Å². The molecule has 1 aliphatic heterocycles. The van der Waals surface area contributed by atoms with E-state index in [1.807, 2.05) is 31.5 Å². The number of hydrogen-bond donors (Lipinski definition) is 4. The molecule has 10 heteroatoms. The first kappa shape index (κ1) is 21.4. The average molecular weight is 468 g/mol. The van der Waals surface area contributed by atoms with Crippen molar-refractivity contribution >= 4 is 33.7 Å². The van der Waals surface area contributed by atoms with Crippen LogP contribution < -0.4 is 10.6 Å². The van der Waals surface area contributed by atoms with Crippen LogP contribution in [0.3, 0.4) is 0 Å². The fourth-order valence-electron chi connectivity index (χ4n) is 4.60. The summed E-state index contributed by atoms with van der Waals surface area (Å²) in [5, 5.41) is 14.8. The van der Waals surface area contributed by atoms with Gasteiger partial charge in [0.2, 0.25) is 5.91 Å². The molecule has 0 saturated carbocycles. The summed E-state index contributed by atoms with van der Waals surface area (Å²) < 4.78 is 0. The number of amides is 1. The van der Waals surface area contributed by atoms with Gasteiger partial charge in [0.05, 0.1) is 34.5 Å². The summed E-state index contributed by atoms with van der Waals surface area (Å²) in [4.78, 5) is 33.4. The van der Waals surface area contributed by atoms with E-state index in [0.717, 1.165) is 51.8 Å². The molecule has 176 valence electrons. The van der Waals surface area contributed by atoms with Crippen LogP contribution in [0.2, 0.25) is 0 Å². The Hall–Kier alpha value is -4.18. The Bertz CT molecular complexity index is 1530. The van der Waals surface area contributed by atoms with Gasteiger partial charge in [0.1, 0.15) is 5.69 Å². The summed E-state index contributed by atoms with van der Waals surface area (Å²) in [5.41, 5.74) is 6.64. The molecule has 6 rings (SSSR count). The van der Waals surface area contributed by atoms with Gasteiger partial charge in [-0.15, -0.1) is 0 Å². The number of carbonyl (C=O) groups excluding carboxylic acids is 1. The number of rotatable bonds is 5. The van der Waals surface area contributed by atoms with Gasteiger partial charge in [-0.2, -0.15) is 5.10 Å². The summed E-state index contributed by atoms with van der Waals surface area (Å²) in [5.74, 6) is 0.630. The van der Waals surface area contributed by atoms with Crippen molar-refractivity contribution in [1.29, 1.82) is 0 Å². The van der Waals surface area contributed by atoms with Gasteiger partial charge in [0.25, 0.3) is 0 Å². The van der Waals surface area contributed by atoms with Crippen LogP contribution in [0.1, 0.15) is 44.2 Å². The van der Waals surface area contributed by atoms with Crippen LogP contribution in [-0.4, -0.2) is 47.6 Å². The van der Waals surface area contributed by atoms with Crippen molar-refractivity contribution in [2.45, 2.75) is 38.6 Å². The van der Waals surface area contributed by atoms with E-state index >= 15 is 0 Å². The second-order valence-electron chi connectivity index (χ2n) is 8.77. The summed E-state index contributed by atoms with van der Waals surface area (Å²) in [7, 11) is 0. The standard InChI is InChI=1S/C25H25N9O/c1-2-21(35)30-16-7-14(9-26-11-16)15-8-17-23(33-34-24(17)29-10-15)25-31-20-13-27-12-18(22(20)32-25)19-5-3-4-6-28-19/h7-13,19,28H,2-6H2,1H3,(H,30,35)(H,31,32)(H,29,33,34). The Morgan fingerprint density at radius 2 is 1.97 bits per heavy atom. The number of H-pyrrole nitrogens is 2. The molecule has 1 fully saturated rings. The minimum absolute atomic E-state index is 0.0585. The molecule has 5 aromatic heterocycles. The molecule has 0 bridgehead atoms. The van der Waals surface area contributed by atoms with Gasteiger partial charge in [-0.05, 0) is 31.5 Å². The van der Waals surface area contributed by atoms with Crippen LogP contribution in [0.4, 0.5) is 5.69 Å². The number of hydrogen-bond acceptors (Lipinski definition) is 7. The Labute approximate surface area is 201 Å². The van der Waals surface area contributed by atoms with E-state index in [-0.39, 0.29) is 11.9 Å². The predicted octanol–water partition coefficient (Wildman–Crippen LogP) is 4.12. The average Bonchev–Trinajstić information content (AvgIpc) is 3.53. The molecule has 0 aromatic carbocycles. The maximum Gasteiger partial charge on any atom is 0.224 e. The lowest BCUT2D eigenvalue weighted by molar-refractivity contribution is -0.115. The molecule has 1 atom stereocenters. The molecule has 1 unspecified atom stereocenters. The van der Waals surface area contributed by atoms with Gasteiger partial charge in [0, 0.05) is 47.7 Å². The highest BCUT2D eigenvalue weighted by Crippen LogP contribution is 2.32. The third-order valence-electron chi connectivity index (χ3n) is 6.43. The normalized spacial score (nSPS) is 16.1. The number of aromatic nitrogens is 7. The molecular weight excluding hydrogens is 442 g/mol. The number of carbonyl (C=O) groups is 1. The van der Waals surface area contributed by atoms with Gasteiger partial charge in [-0.1, -0.05) is 13.3 Å². The van der Waals surface area contributed by atoms with Gasteiger partial charge < -0.3 is 15.6 Å². The zero-order chi connectivity index (χ0) is 23.8. The van der Waals surface area contributed by atoms with Crippen LogP contribution in [-0.2, 0) is 4.79 Å². The van der Waals surface area contributed by atoms with Crippen LogP contribution >= 0.6 is 0 Å². The Morgan fingerprint density at radius 1 is 1.09 bits per heavy atom. The van der Waals surface area contributed by atoms with Gasteiger partial charge >= 0.3 is 0 Å². The quantitative estimate of drug-likeness (QED) is 0.305. The van der Waals surface area contributed by atoms with Crippen molar-refractivity contribution in [3.05, 3.63) is 48.7 Å². The van der Waals surface area contributed by atoms with E-state index in [9.17, 15) is 4.79 Å². The summed E-state index contributed by atoms with van der Waals surface area (Å²) in [6.45, 7) is 2.82. The topological polar surface area (TPSA) is 137 Å². The minimum atomic E-state index is -0.0585. The zero-order valence-electron chi connectivity index (χ0n) is 19.3. The molecule has 6 heterocycles. The molecule has 10 nitrogen and oxygen atoms in total. The number of pyridine rings is 3. The van der Waals surface area contributed by atoms with Crippen LogP contribution in [0.5, 0.6) is 0 Å². The lowest BCUT2D eigenvalue weighted by Crippen LogP contribution is -2.27. The molecule has 0 spiro atoms. The van der Waals surface area contributed by atoms with Gasteiger partial charge in [-0.25, -0.2) is 9.97 Å². The molecule has 0 radical (unpaired) electrons. The van der Waals surface area contributed by atoms with Crippen LogP contribution in [0, 0.1) is 0 Å². The van der Waals surface area contributed by atoms with E-state index in [1.54, 1.807) is 18.6 Å². The first-order valence-electron chi connectivity index (χ1n) is 11.9. The second-order valence-corrected chi connectivity index (χ2v) is 8.77. The number of fused-ring (bicyclic) bond motifs is 2. The van der Waals surface area contributed by atoms with Crippen molar-refractivity contribution in [3.63, 3.8) is 0 Å². The molecular formula is C25H25N9O. The summed E-state index contributed by atoms with van der Waals surface area (Å²) in [6.07, 6.45) is 12.7. The number of aromatic amines is 2. The first-order chi connectivity index (χ1) is 17.2. The van der Waals surface area contributed by atoms with Crippen molar-refractivity contribution in [2.75, 3.05) is 11.9 Å². The van der Waals surface area contributed by atoms with Gasteiger partial charge in [-0.3, -0.25) is 19.9 Å². The summed E-state index contributed by atoms with van der Waals surface area (Å²) in [6, 6.07) is 4.16. The first-order valence-corrected chi connectivity index (χ1v) is 11.9. The number of anilines is 1. The minimum Gasteiger partial charge on any atom is -0.335 e. The highest BCUT2D eigenvalue weighted by Gasteiger charge is 2.21. The van der Waals surface area contributed by atoms with Crippen molar-refractivity contribution < 1.29 is 4.79 Å². The van der Waals surface area contributed by atoms with E-state index < -0.39 is 0 Å². The fraction of sp³-hybridized carbons (Fsp3) is 0.280. The molecule has 35 heavy (non-hydrogen) atoms. The van der Waals surface area contributed by atoms with Crippen LogP contribution in [0.15, 0.2) is 43.1 Å². The molecule has 1 amide bonds. The SMILES string of the molecule is CCC(=O)Nc1cncc(-c2cnc3n[nH]c(-c4nc5c(C6CCCCN6)cncc5[nH]4)c3c2)c1. The zero-order valence-corrected chi connectivity index (χ0v) is 19.3. The monoisotopic (exact) mass is 467 g/mol. The molecule has 4 N–H and O–H groups in total. The Morgan fingerprint density at radius 3 is 2.83 bits per heavy atom. The van der Waals surface area contributed by atoms with Crippen molar-refractivity contribution in [2.24, 2.45) is 0 Å². The lowest BCUT2D eigenvalue weighted by atomic mass is 9.98. The molecule has 1 aliphatic rings. The van der Waals surface area contributed by atoms with Crippen molar-refractivity contribution in [3.8, 4) is 22.6 Å². The largest absolute Gasteiger partial charge is 0.335 e. The fourth-order valence-corrected chi connectivity index (χ4v) is 4.60. The number of piperidine rings is 1. The number of nitrogens with one attached hydrogen (secondary N) is 4. The maximum absolute atomic E-state index is 11.8. The Kier molecular flexibility index (Phi) is 5.42. The summed E-state index contributed by atoms with van der Waals surface area (Å²) >= 11 is 0. The number of nitrogens with zero attached hydrogens (tertiary/aromatic N) is 5. The van der Waals surface area contributed by atoms with E-state index in [1.165, 1.54) is 12.8 Å².